The van der Waals surface area contributed by atoms with Gasteiger partial charge in [0.05, 0.1) is 0 Å². The van der Waals surface area contributed by atoms with Gasteiger partial charge in [-0.1, -0.05) is 0 Å². The first-order valence-corrected chi connectivity index (χ1v) is 6.46. The number of hydrogen-bond acceptors (Lipinski definition) is 5. The summed E-state index contributed by atoms with van der Waals surface area (Å²) < 4.78 is 10.8. The van der Waals surface area contributed by atoms with E-state index in [-0.39, 0.29) is 5.75 Å². The molecule has 1 heterocycles. The van der Waals surface area contributed by atoms with Crippen molar-refractivity contribution in [3.63, 3.8) is 0 Å². The molecule has 0 bridgehead atoms. The topological polar surface area (TPSA) is 76.0 Å². The molecule has 0 saturated carbocycles. The molecule has 0 fully saturated rings. The van der Waals surface area contributed by atoms with Crippen molar-refractivity contribution >= 4 is 17.7 Å². The molecule has 2 N–H and O–H groups in total. The quantitative estimate of drug-likeness (QED) is 0.805. The Bertz CT molecular complexity index is 458. The zero-order valence-electron chi connectivity index (χ0n) is 9.88. The van der Waals surface area contributed by atoms with Crippen LogP contribution in [-0.2, 0) is 4.79 Å². The average molecular weight is 270 g/mol. The molecule has 5 nitrogen and oxygen atoms in total. The number of ether oxygens (including phenoxy) is 2. The van der Waals surface area contributed by atoms with E-state index in [1.165, 1.54) is 18.7 Å². The third-order valence-corrected chi connectivity index (χ3v) is 3.79. The van der Waals surface area contributed by atoms with Crippen molar-refractivity contribution in [2.75, 3.05) is 19.0 Å². The Hall–Kier alpha value is -1.40. The molecule has 1 aromatic rings. The first-order valence-electron chi connectivity index (χ1n) is 5.47. The molecule has 2 rings (SSSR count). The molecule has 1 aliphatic rings. The minimum Gasteiger partial charge on any atom is -0.486 e. The van der Waals surface area contributed by atoms with Gasteiger partial charge in [0.15, 0.2) is 17.1 Å². The van der Waals surface area contributed by atoms with Gasteiger partial charge in [-0.15, -0.1) is 11.8 Å². The molecule has 0 radical (unpaired) electrons. The fraction of sp³-hybridized carbons (Fsp3) is 0.417. The highest BCUT2D eigenvalue weighted by atomic mass is 32.2. The van der Waals surface area contributed by atoms with Crippen LogP contribution in [0.2, 0.25) is 0 Å². The van der Waals surface area contributed by atoms with Crippen molar-refractivity contribution in [2.24, 2.45) is 0 Å². The van der Waals surface area contributed by atoms with E-state index in [9.17, 15) is 9.90 Å². The van der Waals surface area contributed by atoms with Crippen molar-refractivity contribution < 1.29 is 24.5 Å². The van der Waals surface area contributed by atoms with Crippen LogP contribution in [0.4, 0.5) is 0 Å². The standard InChI is InChI=1S/C12H14O5S/c1-12(15,11(13)14)7-18-8-2-3-9-10(6-8)17-5-4-16-9/h2-3,6,15H,4-5,7H2,1H3,(H,13,14). The van der Waals surface area contributed by atoms with Gasteiger partial charge < -0.3 is 19.7 Å². The van der Waals surface area contributed by atoms with Crippen molar-refractivity contribution in [1.29, 1.82) is 0 Å². The number of carboxylic acids is 1. The van der Waals surface area contributed by atoms with Crippen LogP contribution in [0, 0.1) is 0 Å². The Balaban J connectivity index is 2.04. The lowest BCUT2D eigenvalue weighted by Gasteiger charge is -2.20. The van der Waals surface area contributed by atoms with E-state index in [1.54, 1.807) is 12.1 Å². The summed E-state index contributed by atoms with van der Waals surface area (Å²) in [4.78, 5) is 11.6. The summed E-state index contributed by atoms with van der Waals surface area (Å²) in [6.07, 6.45) is 0. The second kappa shape index (κ2) is 5.07. The maximum absolute atomic E-state index is 10.8. The van der Waals surface area contributed by atoms with E-state index in [0.29, 0.717) is 24.7 Å². The summed E-state index contributed by atoms with van der Waals surface area (Å²) in [5, 5.41) is 18.4. The molecule has 18 heavy (non-hydrogen) atoms. The summed E-state index contributed by atoms with van der Waals surface area (Å²) in [5.41, 5.74) is -1.74. The molecule has 0 amide bonds. The number of carbonyl (C=O) groups is 1. The maximum Gasteiger partial charge on any atom is 0.336 e. The minimum atomic E-state index is -1.74. The third kappa shape index (κ3) is 2.88. The predicted octanol–water partition coefficient (Wildman–Crippen LogP) is 1.39. The number of aliphatic hydroxyl groups is 1. The highest BCUT2D eigenvalue weighted by molar-refractivity contribution is 7.99. The zero-order valence-corrected chi connectivity index (χ0v) is 10.7. The largest absolute Gasteiger partial charge is 0.486 e. The fourth-order valence-electron chi connectivity index (χ4n) is 1.40. The van der Waals surface area contributed by atoms with Crippen LogP contribution in [-0.4, -0.2) is 40.8 Å². The minimum absolute atomic E-state index is 0.0714. The molecule has 1 aliphatic heterocycles. The number of carboxylic acid groups (broad SMARTS) is 1. The molecule has 1 aromatic carbocycles. The zero-order chi connectivity index (χ0) is 13.2. The highest BCUT2D eigenvalue weighted by Gasteiger charge is 2.30. The Kier molecular flexibility index (Phi) is 3.68. The molecule has 1 unspecified atom stereocenters. The highest BCUT2D eigenvalue weighted by Crippen LogP contribution is 2.34. The molecule has 0 spiro atoms. The van der Waals surface area contributed by atoms with Gasteiger partial charge in [0.25, 0.3) is 0 Å². The van der Waals surface area contributed by atoms with E-state index >= 15 is 0 Å². The van der Waals surface area contributed by atoms with Gasteiger partial charge in [-0.05, 0) is 25.1 Å². The molecule has 0 aromatic heterocycles. The number of thioether (sulfide) groups is 1. The molecule has 0 aliphatic carbocycles. The van der Waals surface area contributed by atoms with Gasteiger partial charge in [0.1, 0.15) is 13.2 Å². The summed E-state index contributed by atoms with van der Waals surface area (Å²) in [5.74, 6) is 0.187. The van der Waals surface area contributed by atoms with E-state index in [2.05, 4.69) is 0 Å². The van der Waals surface area contributed by atoms with Gasteiger partial charge >= 0.3 is 5.97 Å². The van der Waals surface area contributed by atoms with Crippen LogP contribution < -0.4 is 9.47 Å². The monoisotopic (exact) mass is 270 g/mol. The number of aliphatic carboxylic acids is 1. The Labute approximate surface area is 109 Å². The van der Waals surface area contributed by atoms with Crippen LogP contribution in [0.5, 0.6) is 11.5 Å². The molecular weight excluding hydrogens is 256 g/mol. The van der Waals surface area contributed by atoms with Crippen LogP contribution >= 0.6 is 11.8 Å². The van der Waals surface area contributed by atoms with Gasteiger partial charge in [0, 0.05) is 10.6 Å². The second-order valence-electron chi connectivity index (χ2n) is 4.17. The van der Waals surface area contributed by atoms with Gasteiger partial charge in [-0.3, -0.25) is 0 Å². The average Bonchev–Trinajstić information content (AvgIpc) is 2.36. The maximum atomic E-state index is 10.8. The lowest BCUT2D eigenvalue weighted by atomic mass is 10.1. The summed E-state index contributed by atoms with van der Waals surface area (Å²) in [6, 6.07) is 5.39. The lowest BCUT2D eigenvalue weighted by molar-refractivity contribution is -0.154. The third-order valence-electron chi connectivity index (χ3n) is 2.49. The number of hydrogen-bond donors (Lipinski definition) is 2. The molecule has 1 atom stereocenters. The number of rotatable bonds is 4. The van der Waals surface area contributed by atoms with Crippen LogP contribution in [0.1, 0.15) is 6.92 Å². The van der Waals surface area contributed by atoms with Gasteiger partial charge in [-0.25, -0.2) is 4.79 Å². The first kappa shape index (κ1) is 13.0. The fourth-order valence-corrected chi connectivity index (χ4v) is 2.32. The van der Waals surface area contributed by atoms with Crippen molar-refractivity contribution in [1.82, 2.24) is 0 Å². The predicted molar refractivity (Wildman–Crippen MR) is 66.4 cm³/mol. The summed E-state index contributed by atoms with van der Waals surface area (Å²) in [6.45, 7) is 2.32. The number of fused-ring (bicyclic) bond motifs is 1. The van der Waals surface area contributed by atoms with Gasteiger partial charge in [-0.2, -0.15) is 0 Å². The van der Waals surface area contributed by atoms with Crippen molar-refractivity contribution in [3.8, 4) is 11.5 Å². The Morgan fingerprint density at radius 2 is 2.06 bits per heavy atom. The van der Waals surface area contributed by atoms with E-state index in [0.717, 1.165) is 4.90 Å². The summed E-state index contributed by atoms with van der Waals surface area (Å²) in [7, 11) is 0. The van der Waals surface area contributed by atoms with E-state index in [1.807, 2.05) is 6.07 Å². The SMILES string of the molecule is CC(O)(CSc1ccc2c(c1)OCCO2)C(=O)O. The molecule has 0 saturated heterocycles. The van der Waals surface area contributed by atoms with Gasteiger partial charge in [0.2, 0.25) is 0 Å². The normalized spacial score (nSPS) is 17.0. The smallest absolute Gasteiger partial charge is 0.336 e. The molecular formula is C12H14O5S. The molecule has 6 heteroatoms. The van der Waals surface area contributed by atoms with Crippen molar-refractivity contribution in [2.45, 2.75) is 17.4 Å². The van der Waals surface area contributed by atoms with E-state index < -0.39 is 11.6 Å². The van der Waals surface area contributed by atoms with Crippen LogP contribution in [0.15, 0.2) is 23.1 Å². The number of benzene rings is 1. The Morgan fingerprint density at radius 1 is 1.39 bits per heavy atom. The second-order valence-corrected chi connectivity index (χ2v) is 5.22. The summed E-state index contributed by atoms with van der Waals surface area (Å²) >= 11 is 1.26. The van der Waals surface area contributed by atoms with Crippen molar-refractivity contribution in [3.05, 3.63) is 18.2 Å². The van der Waals surface area contributed by atoms with Crippen LogP contribution in [0.3, 0.4) is 0 Å². The van der Waals surface area contributed by atoms with Crippen LogP contribution in [0.25, 0.3) is 0 Å². The molecule has 98 valence electrons. The van der Waals surface area contributed by atoms with E-state index in [4.69, 9.17) is 14.6 Å². The lowest BCUT2D eigenvalue weighted by Crippen LogP contribution is -2.37. The Morgan fingerprint density at radius 3 is 2.72 bits per heavy atom. The first-order chi connectivity index (χ1) is 8.49.